The van der Waals surface area contributed by atoms with Crippen LogP contribution >= 0.6 is 0 Å². The van der Waals surface area contributed by atoms with E-state index in [-0.39, 0.29) is 12.4 Å². The molecule has 0 aromatic carbocycles. The fourth-order valence-corrected chi connectivity index (χ4v) is 3.49. The normalized spacial score (nSPS) is 26.4. The Hall–Kier alpha value is -2.55. The van der Waals surface area contributed by atoms with Crippen LogP contribution in [0.1, 0.15) is 25.5 Å². The molecule has 0 saturated carbocycles. The molecule has 0 amide bonds. The highest BCUT2D eigenvalue weighted by atomic mass is 16.6. The summed E-state index contributed by atoms with van der Waals surface area (Å²) in [6.45, 7) is 0.151. The van der Waals surface area contributed by atoms with Gasteiger partial charge in [0.1, 0.15) is 30.2 Å². The second-order valence-electron chi connectivity index (χ2n) is 6.81. The summed E-state index contributed by atoms with van der Waals surface area (Å²) >= 11 is 0. The van der Waals surface area contributed by atoms with Crippen molar-refractivity contribution in [3.63, 3.8) is 0 Å². The third kappa shape index (κ3) is 3.58. The molecule has 3 heterocycles. The molecular formula is C19H23N5O4. The standard InChI is InChI=1S/C19H23N5O4/c20-17-14-18(22-10-21-17)24(11-23-14)19-16(15(26)13(9-25)28-19)27-8-4-3-7-12-5-1-2-6-12/h1-2,5,10-11,13,15-16,19,25-26H,3-4,7-9H2,(H2,20,21,22)/t13-,15-,16-,19-/m1/s1. The van der Waals surface area contributed by atoms with E-state index in [4.69, 9.17) is 15.2 Å². The van der Waals surface area contributed by atoms with Gasteiger partial charge in [-0.2, -0.15) is 0 Å². The van der Waals surface area contributed by atoms with Gasteiger partial charge in [0.15, 0.2) is 17.7 Å². The van der Waals surface area contributed by atoms with E-state index < -0.39 is 24.5 Å². The average Bonchev–Trinajstić information content (AvgIpc) is 3.42. The highest BCUT2D eigenvalue weighted by molar-refractivity contribution is 5.81. The predicted octanol–water partition coefficient (Wildman–Crippen LogP) is 0.866. The number of rotatable bonds is 8. The molecule has 4 atom stereocenters. The summed E-state index contributed by atoms with van der Waals surface area (Å²) in [5.74, 6) is 0.266. The van der Waals surface area contributed by atoms with Crippen molar-refractivity contribution in [2.24, 2.45) is 0 Å². The Balaban J connectivity index is 1.44. The van der Waals surface area contributed by atoms with Gasteiger partial charge in [0.25, 0.3) is 0 Å². The van der Waals surface area contributed by atoms with Crippen molar-refractivity contribution in [3.05, 3.63) is 42.2 Å². The minimum atomic E-state index is -0.963. The van der Waals surface area contributed by atoms with Crippen LogP contribution in [0.2, 0.25) is 0 Å². The number of aliphatic hydroxyl groups is 2. The van der Waals surface area contributed by atoms with Gasteiger partial charge in [-0.25, -0.2) is 15.0 Å². The van der Waals surface area contributed by atoms with E-state index in [1.54, 1.807) is 4.57 Å². The number of hydrogen-bond donors (Lipinski definition) is 3. The number of nitrogens with two attached hydrogens (primary N) is 1. The summed E-state index contributed by atoms with van der Waals surface area (Å²) in [4.78, 5) is 12.4. The maximum absolute atomic E-state index is 10.5. The second kappa shape index (κ2) is 8.22. The predicted molar refractivity (Wildman–Crippen MR) is 101 cm³/mol. The van der Waals surface area contributed by atoms with Crippen LogP contribution in [0.4, 0.5) is 5.82 Å². The number of imidazole rings is 1. The number of aliphatic hydroxyl groups excluding tert-OH is 2. The number of ether oxygens (including phenoxy) is 2. The smallest absolute Gasteiger partial charge is 0.167 e. The first-order valence-electron chi connectivity index (χ1n) is 9.30. The monoisotopic (exact) mass is 385 g/mol. The zero-order chi connectivity index (χ0) is 19.5. The summed E-state index contributed by atoms with van der Waals surface area (Å²) in [5.41, 5.74) is 11.2. The number of allylic oxidation sites excluding steroid dienone is 3. The Morgan fingerprint density at radius 3 is 2.96 bits per heavy atom. The summed E-state index contributed by atoms with van der Waals surface area (Å²) < 4.78 is 13.5. The number of nitrogen functional groups attached to an aromatic ring is 1. The summed E-state index contributed by atoms with van der Waals surface area (Å²) in [6, 6.07) is 0. The maximum Gasteiger partial charge on any atom is 0.167 e. The molecular weight excluding hydrogens is 362 g/mol. The molecule has 9 nitrogen and oxygen atoms in total. The minimum Gasteiger partial charge on any atom is -0.394 e. The van der Waals surface area contributed by atoms with Crippen molar-refractivity contribution >= 4 is 17.0 Å². The first-order chi connectivity index (χ1) is 13.7. The number of fused-ring (bicyclic) bond motifs is 1. The molecule has 1 aliphatic heterocycles. The number of aromatic nitrogens is 4. The molecule has 2 aromatic heterocycles. The molecule has 4 rings (SSSR count). The molecule has 0 unspecified atom stereocenters. The van der Waals surface area contributed by atoms with Crippen molar-refractivity contribution in [2.75, 3.05) is 18.9 Å². The van der Waals surface area contributed by atoms with Gasteiger partial charge in [0.2, 0.25) is 0 Å². The fraction of sp³-hybridized carbons (Fsp3) is 0.474. The van der Waals surface area contributed by atoms with Gasteiger partial charge in [-0.3, -0.25) is 4.57 Å². The second-order valence-corrected chi connectivity index (χ2v) is 6.81. The van der Waals surface area contributed by atoms with Crippen LogP contribution in [0.5, 0.6) is 0 Å². The van der Waals surface area contributed by atoms with E-state index in [9.17, 15) is 10.2 Å². The maximum atomic E-state index is 10.5. The Kier molecular flexibility index (Phi) is 5.52. The molecule has 0 bridgehead atoms. The molecule has 2 aromatic rings. The van der Waals surface area contributed by atoms with Crippen molar-refractivity contribution < 1.29 is 19.7 Å². The van der Waals surface area contributed by atoms with Crippen molar-refractivity contribution in [1.82, 2.24) is 19.5 Å². The minimum absolute atomic E-state index is 0.266. The Morgan fingerprint density at radius 1 is 1.29 bits per heavy atom. The molecule has 0 spiro atoms. The third-order valence-electron chi connectivity index (χ3n) is 4.97. The Labute approximate surface area is 161 Å². The number of anilines is 1. The highest BCUT2D eigenvalue weighted by Gasteiger charge is 2.45. The topological polar surface area (TPSA) is 129 Å². The highest BCUT2D eigenvalue weighted by Crippen LogP contribution is 2.34. The van der Waals surface area contributed by atoms with E-state index in [2.05, 4.69) is 26.8 Å². The van der Waals surface area contributed by atoms with Crippen LogP contribution in [0, 0.1) is 0 Å². The van der Waals surface area contributed by atoms with Crippen LogP contribution in [-0.2, 0) is 9.47 Å². The van der Waals surface area contributed by atoms with Crippen LogP contribution in [-0.4, -0.2) is 61.3 Å². The molecule has 1 saturated heterocycles. The molecule has 148 valence electrons. The molecule has 1 aliphatic carbocycles. The molecule has 0 radical (unpaired) electrons. The lowest BCUT2D eigenvalue weighted by Crippen LogP contribution is -2.35. The zero-order valence-corrected chi connectivity index (χ0v) is 15.3. The van der Waals surface area contributed by atoms with Gasteiger partial charge in [-0.1, -0.05) is 12.2 Å². The molecule has 2 aliphatic rings. The molecule has 4 N–H and O–H groups in total. The number of hydrogen-bond acceptors (Lipinski definition) is 8. The van der Waals surface area contributed by atoms with Crippen molar-refractivity contribution in [1.29, 1.82) is 0 Å². The van der Waals surface area contributed by atoms with E-state index in [0.29, 0.717) is 17.8 Å². The van der Waals surface area contributed by atoms with Gasteiger partial charge in [-0.15, -0.1) is 5.73 Å². The van der Waals surface area contributed by atoms with Crippen LogP contribution in [0.25, 0.3) is 11.2 Å². The summed E-state index contributed by atoms with van der Waals surface area (Å²) in [5, 5.41) is 20.1. The van der Waals surface area contributed by atoms with E-state index >= 15 is 0 Å². The van der Waals surface area contributed by atoms with Gasteiger partial charge < -0.3 is 25.4 Å². The van der Waals surface area contributed by atoms with Crippen molar-refractivity contribution in [3.8, 4) is 0 Å². The first kappa shape index (κ1) is 18.8. The largest absolute Gasteiger partial charge is 0.394 e. The van der Waals surface area contributed by atoms with Crippen LogP contribution in [0.3, 0.4) is 0 Å². The lowest BCUT2D eigenvalue weighted by Gasteiger charge is -2.22. The van der Waals surface area contributed by atoms with E-state index in [1.807, 2.05) is 12.2 Å². The van der Waals surface area contributed by atoms with Gasteiger partial charge in [0, 0.05) is 6.61 Å². The third-order valence-corrected chi connectivity index (χ3v) is 4.97. The lowest BCUT2D eigenvalue weighted by molar-refractivity contribution is -0.0710. The summed E-state index contributed by atoms with van der Waals surface area (Å²) in [7, 11) is 0. The van der Waals surface area contributed by atoms with Crippen molar-refractivity contribution in [2.45, 2.75) is 43.8 Å². The number of unbranched alkanes of at least 4 members (excludes halogenated alkanes) is 1. The van der Waals surface area contributed by atoms with Gasteiger partial charge in [0.05, 0.1) is 12.9 Å². The molecule has 28 heavy (non-hydrogen) atoms. The van der Waals surface area contributed by atoms with Gasteiger partial charge in [-0.05, 0) is 30.9 Å². The van der Waals surface area contributed by atoms with Crippen LogP contribution < -0.4 is 5.73 Å². The SMILES string of the molecule is Nc1ncnc2c1ncn2[C@@H]1O[C@H](CO)[C@@H](O)[C@H]1OCCCCC1=C=CC=C1. The van der Waals surface area contributed by atoms with Gasteiger partial charge >= 0.3 is 0 Å². The fourth-order valence-electron chi connectivity index (χ4n) is 3.49. The average molecular weight is 385 g/mol. The van der Waals surface area contributed by atoms with Crippen LogP contribution in [0.15, 0.2) is 42.2 Å². The quantitative estimate of drug-likeness (QED) is 0.451. The summed E-state index contributed by atoms with van der Waals surface area (Å²) in [6.07, 6.45) is 8.50. The zero-order valence-electron chi connectivity index (χ0n) is 15.3. The number of nitrogens with zero attached hydrogens (tertiary/aromatic N) is 4. The Morgan fingerprint density at radius 2 is 2.18 bits per heavy atom. The van der Waals surface area contributed by atoms with E-state index in [0.717, 1.165) is 19.3 Å². The molecule has 9 heteroatoms. The Bertz CT molecular complexity index is 934. The first-order valence-corrected chi connectivity index (χ1v) is 9.30. The molecule has 1 fully saturated rings. The lowest BCUT2D eigenvalue weighted by atomic mass is 10.1. The van der Waals surface area contributed by atoms with E-state index in [1.165, 1.54) is 18.2 Å².